The van der Waals surface area contributed by atoms with Crippen molar-refractivity contribution in [3.05, 3.63) is 0 Å². The van der Waals surface area contributed by atoms with Gasteiger partial charge in [0.25, 0.3) is 5.91 Å². The average molecular weight is 252 g/mol. The van der Waals surface area contributed by atoms with Gasteiger partial charge in [0.05, 0.1) is 5.60 Å². The van der Waals surface area contributed by atoms with Crippen LogP contribution in [0.25, 0.3) is 0 Å². The molecular formula is C14H24N2O2. The number of amides is 1. The molecule has 18 heavy (non-hydrogen) atoms. The van der Waals surface area contributed by atoms with E-state index >= 15 is 0 Å². The predicted molar refractivity (Wildman–Crippen MR) is 69.4 cm³/mol. The lowest BCUT2D eigenvalue weighted by Gasteiger charge is -2.49. The van der Waals surface area contributed by atoms with Crippen LogP contribution in [0.1, 0.15) is 45.4 Å². The number of hydrogen-bond donors (Lipinski definition) is 1. The molecule has 1 aliphatic heterocycles. The maximum Gasteiger partial charge on any atom is 0.254 e. The second kappa shape index (κ2) is 4.20. The number of nitrogens with zero attached hydrogens (tertiary/aromatic N) is 1. The highest BCUT2D eigenvalue weighted by molar-refractivity contribution is 5.89. The van der Waals surface area contributed by atoms with E-state index < -0.39 is 5.60 Å². The topological polar surface area (TPSA) is 41.6 Å². The molecule has 0 radical (unpaired) electrons. The number of carbonyl (C=O) groups excluding carboxylic acids is 1. The Kier molecular flexibility index (Phi) is 2.90. The monoisotopic (exact) mass is 252 g/mol. The summed E-state index contributed by atoms with van der Waals surface area (Å²) in [5.41, 5.74) is -0.464. The fourth-order valence-electron chi connectivity index (χ4n) is 3.58. The van der Waals surface area contributed by atoms with E-state index in [4.69, 9.17) is 4.74 Å². The fourth-order valence-corrected chi connectivity index (χ4v) is 3.58. The highest BCUT2D eigenvalue weighted by Crippen LogP contribution is 2.50. The standard InChI is InChI=1S/C14H24N2O2/c1-3-16-10-13(6-4-11(15-2)5-7-13)18-14(8-9-14)12(16)17/h11,15H,3-10H2,1-2H3/t11-,13-. The molecule has 3 fully saturated rings. The van der Waals surface area contributed by atoms with Crippen LogP contribution in [-0.2, 0) is 9.53 Å². The molecule has 0 unspecified atom stereocenters. The third-order valence-corrected chi connectivity index (χ3v) is 4.96. The Morgan fingerprint density at radius 1 is 1.33 bits per heavy atom. The minimum Gasteiger partial charge on any atom is -0.357 e. The highest BCUT2D eigenvalue weighted by atomic mass is 16.5. The predicted octanol–water partition coefficient (Wildman–Crippen LogP) is 1.30. The van der Waals surface area contributed by atoms with Crippen LogP contribution in [0.15, 0.2) is 0 Å². The first-order valence-electron chi connectivity index (χ1n) is 7.30. The number of morpholine rings is 1. The van der Waals surface area contributed by atoms with Gasteiger partial charge >= 0.3 is 0 Å². The SMILES string of the molecule is CCN1C[C@]2(CC[C@@H](NC)CC2)OC2(CC2)C1=O. The second-order valence-corrected chi connectivity index (χ2v) is 6.16. The summed E-state index contributed by atoms with van der Waals surface area (Å²) in [5, 5.41) is 3.36. The van der Waals surface area contributed by atoms with E-state index in [1.54, 1.807) is 0 Å². The summed E-state index contributed by atoms with van der Waals surface area (Å²) >= 11 is 0. The van der Waals surface area contributed by atoms with Crippen LogP contribution in [0.3, 0.4) is 0 Å². The maximum atomic E-state index is 12.3. The van der Waals surface area contributed by atoms with Crippen molar-refractivity contribution in [1.82, 2.24) is 10.2 Å². The molecule has 1 amide bonds. The molecule has 3 aliphatic rings. The Balaban J connectivity index is 1.75. The first kappa shape index (κ1) is 12.4. The minimum atomic E-state index is -0.416. The zero-order valence-corrected chi connectivity index (χ0v) is 11.5. The van der Waals surface area contributed by atoms with Gasteiger partial charge in [-0.25, -0.2) is 0 Å². The van der Waals surface area contributed by atoms with Gasteiger partial charge in [-0.3, -0.25) is 4.79 Å². The van der Waals surface area contributed by atoms with Gasteiger partial charge in [-0.1, -0.05) is 0 Å². The molecular weight excluding hydrogens is 228 g/mol. The molecule has 0 aromatic rings. The van der Waals surface area contributed by atoms with E-state index in [2.05, 4.69) is 12.2 Å². The van der Waals surface area contributed by atoms with Gasteiger partial charge in [-0.2, -0.15) is 0 Å². The van der Waals surface area contributed by atoms with Gasteiger partial charge in [0, 0.05) is 19.1 Å². The van der Waals surface area contributed by atoms with E-state index in [1.165, 1.54) is 12.8 Å². The molecule has 0 aromatic heterocycles. The van der Waals surface area contributed by atoms with E-state index in [9.17, 15) is 4.79 Å². The van der Waals surface area contributed by atoms with Crippen molar-refractivity contribution in [2.24, 2.45) is 0 Å². The van der Waals surface area contributed by atoms with Crippen molar-refractivity contribution in [1.29, 1.82) is 0 Å². The number of ether oxygens (including phenoxy) is 1. The van der Waals surface area contributed by atoms with Crippen molar-refractivity contribution in [2.45, 2.75) is 62.7 Å². The van der Waals surface area contributed by atoms with E-state index in [-0.39, 0.29) is 11.5 Å². The molecule has 2 aliphatic carbocycles. The largest absolute Gasteiger partial charge is 0.357 e. The zero-order valence-electron chi connectivity index (χ0n) is 11.5. The molecule has 1 saturated heterocycles. The lowest BCUT2D eigenvalue weighted by atomic mass is 9.80. The van der Waals surface area contributed by atoms with Crippen molar-refractivity contribution in [3.8, 4) is 0 Å². The third-order valence-electron chi connectivity index (χ3n) is 4.96. The molecule has 2 spiro atoms. The molecule has 0 aromatic carbocycles. The Labute approximate surface area is 109 Å². The number of rotatable bonds is 2. The van der Waals surface area contributed by atoms with Crippen molar-refractivity contribution in [2.75, 3.05) is 20.1 Å². The van der Waals surface area contributed by atoms with Crippen LogP contribution >= 0.6 is 0 Å². The summed E-state index contributed by atoms with van der Waals surface area (Å²) in [6.07, 6.45) is 6.36. The highest BCUT2D eigenvalue weighted by Gasteiger charge is 2.61. The van der Waals surface area contributed by atoms with Gasteiger partial charge in [-0.05, 0) is 52.5 Å². The van der Waals surface area contributed by atoms with E-state index in [0.29, 0.717) is 6.04 Å². The van der Waals surface area contributed by atoms with E-state index in [1.807, 2.05) is 11.9 Å². The van der Waals surface area contributed by atoms with Crippen molar-refractivity contribution >= 4 is 5.91 Å². The summed E-state index contributed by atoms with van der Waals surface area (Å²) in [7, 11) is 2.04. The van der Waals surface area contributed by atoms with Gasteiger partial charge < -0.3 is 15.0 Å². The summed E-state index contributed by atoms with van der Waals surface area (Å²) in [4.78, 5) is 14.3. The molecule has 1 heterocycles. The van der Waals surface area contributed by atoms with Crippen LogP contribution < -0.4 is 5.32 Å². The third kappa shape index (κ3) is 1.86. The Hall–Kier alpha value is -0.610. The Bertz CT molecular complexity index is 344. The lowest BCUT2D eigenvalue weighted by Crippen LogP contribution is -2.61. The summed E-state index contributed by atoms with van der Waals surface area (Å²) in [6, 6.07) is 0.627. The zero-order chi connectivity index (χ0) is 12.8. The first-order chi connectivity index (χ1) is 8.63. The number of nitrogens with one attached hydrogen (secondary N) is 1. The Morgan fingerprint density at radius 2 is 2.00 bits per heavy atom. The average Bonchev–Trinajstić information content (AvgIpc) is 3.16. The number of hydrogen-bond acceptors (Lipinski definition) is 3. The molecule has 1 N–H and O–H groups in total. The molecule has 2 saturated carbocycles. The van der Waals surface area contributed by atoms with Gasteiger partial charge in [0.2, 0.25) is 0 Å². The molecule has 102 valence electrons. The van der Waals surface area contributed by atoms with Crippen molar-refractivity contribution in [3.63, 3.8) is 0 Å². The molecule has 0 bridgehead atoms. The normalized spacial score (nSPS) is 38.4. The molecule has 3 rings (SSSR count). The number of carbonyl (C=O) groups is 1. The second-order valence-electron chi connectivity index (χ2n) is 6.16. The van der Waals surface area contributed by atoms with Gasteiger partial charge in [0.1, 0.15) is 5.60 Å². The van der Waals surface area contributed by atoms with Crippen LogP contribution in [-0.4, -0.2) is 48.2 Å². The fraction of sp³-hybridized carbons (Fsp3) is 0.929. The molecule has 4 nitrogen and oxygen atoms in total. The maximum absolute atomic E-state index is 12.3. The first-order valence-corrected chi connectivity index (χ1v) is 7.30. The summed E-state index contributed by atoms with van der Waals surface area (Å²) in [5.74, 6) is 0.242. The summed E-state index contributed by atoms with van der Waals surface area (Å²) < 4.78 is 6.33. The quantitative estimate of drug-likeness (QED) is 0.805. The minimum absolute atomic E-state index is 0.0478. The Morgan fingerprint density at radius 3 is 2.50 bits per heavy atom. The van der Waals surface area contributed by atoms with Crippen LogP contribution in [0.2, 0.25) is 0 Å². The van der Waals surface area contributed by atoms with Crippen LogP contribution in [0.5, 0.6) is 0 Å². The summed E-state index contributed by atoms with van der Waals surface area (Å²) in [6.45, 7) is 3.70. The molecule has 4 heteroatoms. The lowest BCUT2D eigenvalue weighted by molar-refractivity contribution is -0.198. The smallest absolute Gasteiger partial charge is 0.254 e. The van der Waals surface area contributed by atoms with Crippen LogP contribution in [0, 0.1) is 0 Å². The van der Waals surface area contributed by atoms with Gasteiger partial charge in [0.15, 0.2) is 0 Å². The van der Waals surface area contributed by atoms with Crippen LogP contribution in [0.4, 0.5) is 0 Å². The van der Waals surface area contributed by atoms with E-state index in [0.717, 1.165) is 38.8 Å². The van der Waals surface area contributed by atoms with Crippen molar-refractivity contribution < 1.29 is 9.53 Å². The number of likely N-dealkylation sites (N-methyl/N-ethyl adjacent to an activating group) is 1. The van der Waals surface area contributed by atoms with Gasteiger partial charge in [-0.15, -0.1) is 0 Å². The molecule has 0 atom stereocenters.